The van der Waals surface area contributed by atoms with E-state index in [1.54, 1.807) is 21.3 Å². The first-order valence-electron chi connectivity index (χ1n) is 6.99. The fourth-order valence-corrected chi connectivity index (χ4v) is 2.86. The van der Waals surface area contributed by atoms with Gasteiger partial charge in [0.1, 0.15) is 17.2 Å². The van der Waals surface area contributed by atoms with Crippen molar-refractivity contribution >= 4 is 0 Å². The third-order valence-electron chi connectivity index (χ3n) is 3.89. The summed E-state index contributed by atoms with van der Waals surface area (Å²) < 4.78 is 16.3. The van der Waals surface area contributed by atoms with Gasteiger partial charge in [-0.05, 0) is 25.9 Å². The predicted octanol–water partition coefficient (Wildman–Crippen LogP) is 1.81. The number of nitrogens with zero attached hydrogens (tertiary/aromatic N) is 1. The number of hydrogen-bond acceptors (Lipinski definition) is 5. The highest BCUT2D eigenvalue weighted by molar-refractivity contribution is 5.52. The van der Waals surface area contributed by atoms with Crippen molar-refractivity contribution in [2.75, 3.05) is 41.0 Å². The van der Waals surface area contributed by atoms with E-state index in [2.05, 4.69) is 4.90 Å². The lowest BCUT2D eigenvalue weighted by Gasteiger charge is -2.29. The molecule has 0 bridgehead atoms. The van der Waals surface area contributed by atoms with Crippen LogP contribution in [-0.4, -0.2) is 45.9 Å². The lowest BCUT2D eigenvalue weighted by atomic mass is 10.0. The van der Waals surface area contributed by atoms with Gasteiger partial charge in [-0.15, -0.1) is 0 Å². The zero-order chi connectivity index (χ0) is 14.5. The zero-order valence-corrected chi connectivity index (χ0v) is 12.5. The van der Waals surface area contributed by atoms with Gasteiger partial charge in [-0.2, -0.15) is 0 Å². The zero-order valence-electron chi connectivity index (χ0n) is 12.5. The Morgan fingerprint density at radius 2 is 1.60 bits per heavy atom. The topological polar surface area (TPSA) is 57.0 Å². The van der Waals surface area contributed by atoms with E-state index in [1.165, 1.54) is 12.8 Å². The molecule has 0 unspecified atom stereocenters. The SMILES string of the molecule is COc1cc(OC)c([C@@H](CN)N2CCCC2)c(OC)c1. The van der Waals surface area contributed by atoms with Gasteiger partial charge in [0.05, 0.1) is 32.9 Å². The highest BCUT2D eigenvalue weighted by Crippen LogP contribution is 2.40. The molecule has 0 amide bonds. The van der Waals surface area contributed by atoms with E-state index in [1.807, 2.05) is 12.1 Å². The molecule has 112 valence electrons. The van der Waals surface area contributed by atoms with E-state index in [4.69, 9.17) is 19.9 Å². The van der Waals surface area contributed by atoms with Crippen molar-refractivity contribution in [1.29, 1.82) is 0 Å². The van der Waals surface area contributed by atoms with Gasteiger partial charge in [0.2, 0.25) is 0 Å². The molecule has 20 heavy (non-hydrogen) atoms. The number of ether oxygens (including phenoxy) is 3. The molecular weight excluding hydrogens is 256 g/mol. The number of methoxy groups -OCH3 is 3. The molecule has 1 aromatic rings. The van der Waals surface area contributed by atoms with Crippen LogP contribution >= 0.6 is 0 Å². The minimum Gasteiger partial charge on any atom is -0.496 e. The summed E-state index contributed by atoms with van der Waals surface area (Å²) in [5.74, 6) is 2.26. The second-order valence-corrected chi connectivity index (χ2v) is 4.94. The molecule has 1 atom stereocenters. The Hall–Kier alpha value is -1.46. The summed E-state index contributed by atoms with van der Waals surface area (Å²) >= 11 is 0. The van der Waals surface area contributed by atoms with Crippen LogP contribution in [0.15, 0.2) is 12.1 Å². The van der Waals surface area contributed by atoms with Crippen LogP contribution in [0, 0.1) is 0 Å². The Balaban J connectivity index is 2.45. The summed E-state index contributed by atoms with van der Waals surface area (Å²) in [6, 6.07) is 3.89. The van der Waals surface area contributed by atoms with Crippen molar-refractivity contribution in [2.24, 2.45) is 5.73 Å². The lowest BCUT2D eigenvalue weighted by Crippen LogP contribution is -2.32. The van der Waals surface area contributed by atoms with Gasteiger partial charge in [0.25, 0.3) is 0 Å². The van der Waals surface area contributed by atoms with E-state index in [9.17, 15) is 0 Å². The highest BCUT2D eigenvalue weighted by Gasteiger charge is 2.28. The second-order valence-electron chi connectivity index (χ2n) is 4.94. The van der Waals surface area contributed by atoms with E-state index < -0.39 is 0 Å². The molecule has 1 heterocycles. The maximum absolute atomic E-state index is 6.02. The van der Waals surface area contributed by atoms with Crippen molar-refractivity contribution < 1.29 is 14.2 Å². The molecule has 5 heteroatoms. The lowest BCUT2D eigenvalue weighted by molar-refractivity contribution is 0.237. The van der Waals surface area contributed by atoms with Gasteiger partial charge in [-0.3, -0.25) is 4.90 Å². The third kappa shape index (κ3) is 2.83. The molecule has 1 aliphatic heterocycles. The Morgan fingerprint density at radius 3 is 2.00 bits per heavy atom. The third-order valence-corrected chi connectivity index (χ3v) is 3.89. The maximum atomic E-state index is 6.02. The monoisotopic (exact) mass is 280 g/mol. The van der Waals surface area contributed by atoms with Crippen LogP contribution in [0.1, 0.15) is 24.4 Å². The Labute approximate surface area is 120 Å². The number of nitrogens with two attached hydrogens (primary N) is 1. The second kappa shape index (κ2) is 6.81. The average Bonchev–Trinajstić information content (AvgIpc) is 3.01. The fourth-order valence-electron chi connectivity index (χ4n) is 2.86. The molecule has 0 aliphatic carbocycles. The first-order valence-corrected chi connectivity index (χ1v) is 6.99. The van der Waals surface area contributed by atoms with Crippen LogP contribution in [0.2, 0.25) is 0 Å². The van der Waals surface area contributed by atoms with Crippen LogP contribution < -0.4 is 19.9 Å². The quantitative estimate of drug-likeness (QED) is 0.861. The predicted molar refractivity (Wildman–Crippen MR) is 78.7 cm³/mol. The fraction of sp³-hybridized carbons (Fsp3) is 0.600. The molecule has 5 nitrogen and oxygen atoms in total. The average molecular weight is 280 g/mol. The van der Waals surface area contributed by atoms with E-state index in [0.717, 1.165) is 35.9 Å². The molecule has 2 N–H and O–H groups in total. The van der Waals surface area contributed by atoms with E-state index in [0.29, 0.717) is 6.54 Å². The molecule has 0 spiro atoms. The maximum Gasteiger partial charge on any atom is 0.131 e. The molecule has 0 radical (unpaired) electrons. The molecule has 0 saturated carbocycles. The Bertz CT molecular complexity index is 420. The molecule has 1 aromatic carbocycles. The van der Waals surface area contributed by atoms with E-state index in [-0.39, 0.29) is 6.04 Å². The standard InChI is InChI=1S/C15H24N2O3/c1-18-11-8-13(19-2)15(14(9-11)20-3)12(10-16)17-6-4-5-7-17/h8-9,12H,4-7,10,16H2,1-3H3/t12-/m1/s1. The van der Waals surface area contributed by atoms with Crippen molar-refractivity contribution in [3.8, 4) is 17.2 Å². The van der Waals surface area contributed by atoms with Crippen molar-refractivity contribution in [1.82, 2.24) is 4.90 Å². The Morgan fingerprint density at radius 1 is 1.05 bits per heavy atom. The van der Waals surface area contributed by atoms with Gasteiger partial charge >= 0.3 is 0 Å². The summed E-state index contributed by atoms with van der Waals surface area (Å²) in [4.78, 5) is 2.40. The van der Waals surface area contributed by atoms with E-state index >= 15 is 0 Å². The molecular formula is C15H24N2O3. The summed E-state index contributed by atoms with van der Waals surface area (Å²) in [5.41, 5.74) is 7.03. The molecule has 1 aliphatic rings. The number of hydrogen-bond donors (Lipinski definition) is 1. The number of benzene rings is 1. The first kappa shape index (κ1) is 14.9. The van der Waals surface area contributed by atoms with Crippen molar-refractivity contribution in [3.05, 3.63) is 17.7 Å². The summed E-state index contributed by atoms with van der Waals surface area (Å²) in [7, 11) is 4.96. The van der Waals surface area contributed by atoms with Crippen LogP contribution in [0.3, 0.4) is 0 Å². The van der Waals surface area contributed by atoms with Gasteiger partial charge < -0.3 is 19.9 Å². The Kier molecular flexibility index (Phi) is 5.09. The van der Waals surface area contributed by atoms with Crippen molar-refractivity contribution in [3.63, 3.8) is 0 Å². The number of rotatable bonds is 6. The molecule has 2 rings (SSSR count). The summed E-state index contributed by atoms with van der Waals surface area (Å²) in [5, 5.41) is 0. The van der Waals surface area contributed by atoms with Crippen LogP contribution in [-0.2, 0) is 0 Å². The number of likely N-dealkylation sites (tertiary alicyclic amines) is 1. The van der Waals surface area contributed by atoms with Crippen LogP contribution in [0.25, 0.3) is 0 Å². The largest absolute Gasteiger partial charge is 0.496 e. The van der Waals surface area contributed by atoms with Gasteiger partial charge in [-0.1, -0.05) is 0 Å². The minimum atomic E-state index is 0.119. The normalized spacial score (nSPS) is 17.0. The minimum absolute atomic E-state index is 0.119. The van der Waals surface area contributed by atoms with Gasteiger partial charge in [-0.25, -0.2) is 0 Å². The molecule has 0 aromatic heterocycles. The van der Waals surface area contributed by atoms with Gasteiger partial charge in [0.15, 0.2) is 0 Å². The molecule has 1 fully saturated rings. The first-order chi connectivity index (χ1) is 9.74. The summed E-state index contributed by atoms with van der Waals surface area (Å²) in [6.07, 6.45) is 2.44. The summed E-state index contributed by atoms with van der Waals surface area (Å²) in [6.45, 7) is 2.68. The van der Waals surface area contributed by atoms with Gasteiger partial charge in [0, 0.05) is 18.7 Å². The van der Waals surface area contributed by atoms with Crippen LogP contribution in [0.4, 0.5) is 0 Å². The smallest absolute Gasteiger partial charge is 0.131 e. The highest BCUT2D eigenvalue weighted by atomic mass is 16.5. The molecule has 1 saturated heterocycles. The van der Waals surface area contributed by atoms with Crippen LogP contribution in [0.5, 0.6) is 17.2 Å². The van der Waals surface area contributed by atoms with Crippen molar-refractivity contribution in [2.45, 2.75) is 18.9 Å².